The average Bonchev–Trinajstić information content (AvgIpc) is 2.62. The molecular weight excluding hydrogens is 458 g/mol. The van der Waals surface area contributed by atoms with E-state index in [2.05, 4.69) is 26.1 Å². The summed E-state index contributed by atoms with van der Waals surface area (Å²) >= 11 is 3.16. The molecule has 0 bridgehead atoms. The lowest BCUT2D eigenvalue weighted by Crippen LogP contribution is -2.27. The summed E-state index contributed by atoms with van der Waals surface area (Å²) in [6.07, 6.45) is 1.33. The molecule has 0 heterocycles. The number of rotatable bonds is 4. The van der Waals surface area contributed by atoms with Gasteiger partial charge in [0.1, 0.15) is 0 Å². The molecule has 0 fully saturated rings. The maximum atomic E-state index is 10.5. The monoisotopic (exact) mass is 473 g/mol. The van der Waals surface area contributed by atoms with Crippen molar-refractivity contribution in [3.63, 3.8) is 0 Å². The molecule has 2 aromatic rings. The van der Waals surface area contributed by atoms with Gasteiger partial charge < -0.3 is 5.73 Å². The third-order valence-corrected chi connectivity index (χ3v) is 4.55. The molecule has 28 heavy (non-hydrogen) atoms. The molecule has 0 aliphatic rings. The average molecular weight is 474 g/mol. The first kappa shape index (κ1) is 23.2. The Morgan fingerprint density at radius 2 is 1.89 bits per heavy atom. The topological polar surface area (TPSA) is 181 Å². The molecule has 0 atom stereocenters. The SMILES string of the molecule is Cc1ccc(S(=O)(=O)O)cc1.N/C(=N\N=C\c1ccc([N+](=O)[O-])cc1Br)NO. The highest BCUT2D eigenvalue weighted by Crippen LogP contribution is 2.21. The largest absolute Gasteiger partial charge is 0.367 e. The van der Waals surface area contributed by atoms with Crippen LogP contribution in [0.25, 0.3) is 0 Å². The van der Waals surface area contributed by atoms with E-state index in [0.29, 0.717) is 10.0 Å². The first-order valence-corrected chi connectivity index (χ1v) is 9.52. The van der Waals surface area contributed by atoms with E-state index >= 15 is 0 Å². The van der Waals surface area contributed by atoms with E-state index in [1.54, 1.807) is 17.6 Å². The van der Waals surface area contributed by atoms with Gasteiger partial charge in [-0.25, -0.2) is 5.48 Å². The first-order chi connectivity index (χ1) is 13.0. The second-order valence-electron chi connectivity index (χ2n) is 5.09. The molecule has 2 aromatic carbocycles. The molecule has 11 nitrogen and oxygen atoms in total. The van der Waals surface area contributed by atoms with Crippen molar-refractivity contribution in [1.29, 1.82) is 0 Å². The third-order valence-electron chi connectivity index (χ3n) is 2.99. The molecule has 0 spiro atoms. The smallest absolute Gasteiger partial charge is 0.294 e. The van der Waals surface area contributed by atoms with Crippen molar-refractivity contribution >= 4 is 43.9 Å². The molecule has 0 aromatic heterocycles. The summed E-state index contributed by atoms with van der Waals surface area (Å²) in [6.45, 7) is 1.84. The van der Waals surface area contributed by atoms with Gasteiger partial charge in [-0.2, -0.15) is 13.5 Å². The Labute approximate surface area is 168 Å². The summed E-state index contributed by atoms with van der Waals surface area (Å²) in [7, 11) is -4.02. The summed E-state index contributed by atoms with van der Waals surface area (Å²) < 4.78 is 30.1. The van der Waals surface area contributed by atoms with E-state index < -0.39 is 15.0 Å². The van der Waals surface area contributed by atoms with Crippen molar-refractivity contribution in [3.8, 4) is 0 Å². The minimum Gasteiger partial charge on any atom is -0.367 e. The highest BCUT2D eigenvalue weighted by molar-refractivity contribution is 9.10. The van der Waals surface area contributed by atoms with Gasteiger partial charge in [0.25, 0.3) is 15.8 Å². The molecule has 0 saturated heterocycles. The Morgan fingerprint density at radius 1 is 1.29 bits per heavy atom. The van der Waals surface area contributed by atoms with Crippen molar-refractivity contribution in [2.75, 3.05) is 0 Å². The lowest BCUT2D eigenvalue weighted by molar-refractivity contribution is -0.384. The summed E-state index contributed by atoms with van der Waals surface area (Å²) in [5.41, 5.74) is 8.23. The van der Waals surface area contributed by atoms with Crippen LogP contribution in [0, 0.1) is 17.0 Å². The molecule has 13 heteroatoms. The molecule has 5 N–H and O–H groups in total. The number of nitrogens with zero attached hydrogens (tertiary/aromatic N) is 3. The van der Waals surface area contributed by atoms with E-state index in [1.807, 2.05) is 6.92 Å². The van der Waals surface area contributed by atoms with Gasteiger partial charge in [0, 0.05) is 22.2 Å². The van der Waals surface area contributed by atoms with Gasteiger partial charge in [0.2, 0.25) is 5.96 Å². The Kier molecular flexibility index (Phi) is 8.66. The van der Waals surface area contributed by atoms with Gasteiger partial charge in [-0.1, -0.05) is 17.7 Å². The predicted molar refractivity (Wildman–Crippen MR) is 106 cm³/mol. The highest BCUT2D eigenvalue weighted by atomic mass is 79.9. The summed E-state index contributed by atoms with van der Waals surface area (Å²) in [5, 5.41) is 25.8. The molecule has 2 rings (SSSR count). The number of nitro benzene ring substituents is 1. The number of nitrogens with one attached hydrogen (secondary N) is 1. The lowest BCUT2D eigenvalue weighted by atomic mass is 10.2. The lowest BCUT2D eigenvalue weighted by Gasteiger charge is -1.97. The fourth-order valence-corrected chi connectivity index (χ4v) is 2.57. The summed E-state index contributed by atoms with van der Waals surface area (Å²) in [5.74, 6) is -0.265. The van der Waals surface area contributed by atoms with Crippen LogP contribution in [0.3, 0.4) is 0 Å². The van der Waals surface area contributed by atoms with Crippen LogP contribution in [0.1, 0.15) is 11.1 Å². The van der Waals surface area contributed by atoms with Crippen molar-refractivity contribution in [2.45, 2.75) is 11.8 Å². The second-order valence-corrected chi connectivity index (χ2v) is 7.37. The minimum absolute atomic E-state index is 0.0333. The number of hydrogen-bond acceptors (Lipinski definition) is 7. The number of hydroxylamine groups is 1. The van der Waals surface area contributed by atoms with Crippen LogP contribution in [0.2, 0.25) is 0 Å². The Balaban J connectivity index is 0.000000307. The van der Waals surface area contributed by atoms with Crippen LogP contribution in [0.5, 0.6) is 0 Å². The van der Waals surface area contributed by atoms with Crippen LogP contribution in [0.4, 0.5) is 5.69 Å². The van der Waals surface area contributed by atoms with E-state index in [4.69, 9.17) is 15.5 Å². The zero-order valence-electron chi connectivity index (χ0n) is 14.4. The van der Waals surface area contributed by atoms with Crippen LogP contribution in [-0.4, -0.2) is 35.3 Å². The molecular formula is C15H16BrN5O6S. The van der Waals surface area contributed by atoms with Crippen molar-refractivity contribution < 1.29 is 23.1 Å². The number of benzene rings is 2. The van der Waals surface area contributed by atoms with E-state index in [-0.39, 0.29) is 16.5 Å². The van der Waals surface area contributed by atoms with Crippen LogP contribution >= 0.6 is 15.9 Å². The maximum absolute atomic E-state index is 10.5. The van der Waals surface area contributed by atoms with Crippen molar-refractivity contribution in [1.82, 2.24) is 5.48 Å². The molecule has 0 unspecified atom stereocenters. The molecule has 0 saturated carbocycles. The molecule has 0 radical (unpaired) electrons. The molecule has 150 valence electrons. The Bertz CT molecular complexity index is 992. The van der Waals surface area contributed by atoms with E-state index in [9.17, 15) is 18.5 Å². The van der Waals surface area contributed by atoms with E-state index in [1.165, 1.54) is 36.5 Å². The Morgan fingerprint density at radius 3 is 2.36 bits per heavy atom. The van der Waals surface area contributed by atoms with Crippen LogP contribution in [-0.2, 0) is 10.1 Å². The maximum Gasteiger partial charge on any atom is 0.294 e. The minimum atomic E-state index is -4.02. The second kappa shape index (κ2) is 10.5. The quantitative estimate of drug-likeness (QED) is 0.171. The van der Waals surface area contributed by atoms with Crippen molar-refractivity contribution in [2.24, 2.45) is 15.9 Å². The number of hydrogen-bond donors (Lipinski definition) is 4. The molecule has 0 aliphatic heterocycles. The fourth-order valence-electron chi connectivity index (χ4n) is 1.62. The van der Waals surface area contributed by atoms with Gasteiger partial charge in [0.05, 0.1) is 16.0 Å². The van der Waals surface area contributed by atoms with Gasteiger partial charge in [-0.15, -0.1) is 5.10 Å². The fraction of sp³-hybridized carbons (Fsp3) is 0.0667. The number of guanidine groups is 1. The number of non-ortho nitro benzene ring substituents is 1. The van der Waals surface area contributed by atoms with Crippen molar-refractivity contribution in [3.05, 3.63) is 68.2 Å². The van der Waals surface area contributed by atoms with Crippen LogP contribution < -0.4 is 11.2 Å². The number of aryl methyl sites for hydroxylation is 1. The van der Waals surface area contributed by atoms with E-state index in [0.717, 1.165) is 5.56 Å². The number of halogens is 1. The highest BCUT2D eigenvalue weighted by Gasteiger charge is 2.08. The number of nitrogens with two attached hydrogens (primary N) is 1. The van der Waals surface area contributed by atoms with Gasteiger partial charge in [0.15, 0.2) is 0 Å². The van der Waals surface area contributed by atoms with Gasteiger partial charge in [-0.3, -0.25) is 19.9 Å². The molecule has 0 amide bonds. The van der Waals surface area contributed by atoms with Gasteiger partial charge in [-0.05, 0) is 41.1 Å². The van der Waals surface area contributed by atoms with Crippen LogP contribution in [0.15, 0.2) is 62.0 Å². The zero-order valence-corrected chi connectivity index (χ0v) is 16.8. The first-order valence-electron chi connectivity index (χ1n) is 7.29. The Hall–Kier alpha value is -2.87. The normalized spacial score (nSPS) is 11.6. The zero-order chi connectivity index (χ0) is 21.3. The molecule has 0 aliphatic carbocycles. The predicted octanol–water partition coefficient (Wildman–Crippen LogP) is 2.23. The summed E-state index contributed by atoms with van der Waals surface area (Å²) in [4.78, 5) is 9.91. The third kappa shape index (κ3) is 7.79. The van der Waals surface area contributed by atoms with Gasteiger partial charge >= 0.3 is 0 Å². The standard InChI is InChI=1S/C8H8BrN5O3.C7H8O3S/c9-7-3-6(14(16)17)2-1-5(7)4-11-12-8(10)13-15;1-6-2-4-7(5-3-6)11(8,9)10/h1-4,15H,(H3,10,12,13);2-5H,1H3,(H,8,9,10)/b11-4+;. The summed E-state index contributed by atoms with van der Waals surface area (Å²) in [6, 6.07) is 10.2. The number of nitro groups is 1.